The molecule has 0 bridgehead atoms. The summed E-state index contributed by atoms with van der Waals surface area (Å²) in [5.74, 6) is 0.954. The molecule has 104 valence electrons. The Morgan fingerprint density at radius 2 is 1.95 bits per heavy atom. The Morgan fingerprint density at radius 1 is 1.26 bits per heavy atom. The summed E-state index contributed by atoms with van der Waals surface area (Å²) < 4.78 is 10.8. The van der Waals surface area contributed by atoms with Crippen LogP contribution >= 0.6 is 0 Å². The van der Waals surface area contributed by atoms with Crippen LogP contribution in [-0.2, 0) is 9.53 Å². The number of carbonyl (C=O) groups excluding carboxylic acids is 1. The Hall–Kier alpha value is -1.71. The van der Waals surface area contributed by atoms with Gasteiger partial charge in [-0.15, -0.1) is 0 Å². The van der Waals surface area contributed by atoms with Crippen LogP contribution in [0.2, 0.25) is 0 Å². The van der Waals surface area contributed by atoms with Gasteiger partial charge in [-0.2, -0.15) is 0 Å². The van der Waals surface area contributed by atoms with Crippen molar-refractivity contribution in [3.63, 3.8) is 0 Å². The molecule has 1 saturated carbocycles. The minimum atomic E-state index is -0.317. The molecule has 1 aliphatic rings. The third kappa shape index (κ3) is 4.16. The van der Waals surface area contributed by atoms with Crippen molar-refractivity contribution >= 4 is 11.7 Å². The SMILES string of the molecule is CC1CCC(OC(=O)COc2ccccc2N)CC1. The molecule has 0 aliphatic heterocycles. The molecule has 19 heavy (non-hydrogen) atoms. The molecule has 4 heteroatoms. The molecule has 0 amide bonds. The minimum Gasteiger partial charge on any atom is -0.480 e. The first-order chi connectivity index (χ1) is 9.15. The molecule has 0 heterocycles. The molecule has 1 aliphatic carbocycles. The first kappa shape index (κ1) is 13.7. The molecule has 0 atom stereocenters. The standard InChI is InChI=1S/C15H21NO3/c1-11-6-8-12(9-7-11)19-15(17)10-18-14-5-3-2-4-13(14)16/h2-5,11-12H,6-10,16H2,1H3. The Labute approximate surface area is 113 Å². The van der Waals surface area contributed by atoms with E-state index in [-0.39, 0.29) is 18.7 Å². The van der Waals surface area contributed by atoms with E-state index in [9.17, 15) is 4.79 Å². The van der Waals surface area contributed by atoms with E-state index in [1.807, 2.05) is 12.1 Å². The molecule has 0 saturated heterocycles. The summed E-state index contributed by atoms with van der Waals surface area (Å²) in [4.78, 5) is 11.7. The van der Waals surface area contributed by atoms with E-state index in [0.29, 0.717) is 11.4 Å². The van der Waals surface area contributed by atoms with E-state index in [1.165, 1.54) is 0 Å². The summed E-state index contributed by atoms with van der Waals surface area (Å²) in [5.41, 5.74) is 6.26. The van der Waals surface area contributed by atoms with Crippen LogP contribution in [0.5, 0.6) is 5.75 Å². The Kier molecular flexibility index (Phi) is 4.66. The van der Waals surface area contributed by atoms with Gasteiger partial charge in [0.15, 0.2) is 6.61 Å². The van der Waals surface area contributed by atoms with Crippen LogP contribution in [0.15, 0.2) is 24.3 Å². The predicted octanol–water partition coefficient (Wildman–Crippen LogP) is 2.77. The zero-order valence-corrected chi connectivity index (χ0v) is 11.3. The second kappa shape index (κ2) is 6.45. The fourth-order valence-electron chi connectivity index (χ4n) is 2.32. The Bertz CT molecular complexity index is 425. The summed E-state index contributed by atoms with van der Waals surface area (Å²) >= 11 is 0. The first-order valence-corrected chi connectivity index (χ1v) is 6.82. The normalized spacial score (nSPS) is 22.8. The van der Waals surface area contributed by atoms with Crippen LogP contribution in [-0.4, -0.2) is 18.7 Å². The number of anilines is 1. The smallest absolute Gasteiger partial charge is 0.344 e. The van der Waals surface area contributed by atoms with E-state index in [4.69, 9.17) is 15.2 Å². The number of benzene rings is 1. The molecule has 2 N–H and O–H groups in total. The van der Waals surface area contributed by atoms with Crippen molar-refractivity contribution in [2.24, 2.45) is 5.92 Å². The number of hydrogen-bond donors (Lipinski definition) is 1. The monoisotopic (exact) mass is 263 g/mol. The van der Waals surface area contributed by atoms with E-state index in [2.05, 4.69) is 6.92 Å². The van der Waals surface area contributed by atoms with Gasteiger partial charge in [-0.05, 0) is 43.7 Å². The molecule has 0 unspecified atom stereocenters. The zero-order chi connectivity index (χ0) is 13.7. The van der Waals surface area contributed by atoms with Crippen molar-refractivity contribution in [3.8, 4) is 5.75 Å². The van der Waals surface area contributed by atoms with Crippen LogP contribution in [0.4, 0.5) is 5.69 Å². The summed E-state index contributed by atoms with van der Waals surface area (Å²) in [6.45, 7) is 2.15. The van der Waals surface area contributed by atoms with Crippen molar-refractivity contribution in [3.05, 3.63) is 24.3 Å². The van der Waals surface area contributed by atoms with Crippen LogP contribution < -0.4 is 10.5 Å². The maximum Gasteiger partial charge on any atom is 0.344 e. The third-order valence-corrected chi connectivity index (χ3v) is 3.53. The van der Waals surface area contributed by atoms with Gasteiger partial charge in [0.05, 0.1) is 5.69 Å². The minimum absolute atomic E-state index is 0.0559. The van der Waals surface area contributed by atoms with Gasteiger partial charge in [0.2, 0.25) is 0 Å². The van der Waals surface area contributed by atoms with E-state index < -0.39 is 0 Å². The Morgan fingerprint density at radius 3 is 2.63 bits per heavy atom. The van der Waals surface area contributed by atoms with Crippen LogP contribution in [0.3, 0.4) is 0 Å². The lowest BCUT2D eigenvalue weighted by Gasteiger charge is -2.25. The average molecular weight is 263 g/mol. The number of nitrogen functional groups attached to an aromatic ring is 1. The van der Waals surface area contributed by atoms with Crippen LogP contribution in [0, 0.1) is 5.92 Å². The zero-order valence-electron chi connectivity index (χ0n) is 11.3. The topological polar surface area (TPSA) is 61.5 Å². The highest BCUT2D eigenvalue weighted by molar-refractivity contribution is 5.71. The van der Waals surface area contributed by atoms with Gasteiger partial charge in [-0.25, -0.2) is 4.79 Å². The highest BCUT2D eigenvalue weighted by Crippen LogP contribution is 2.25. The molecule has 1 aromatic carbocycles. The highest BCUT2D eigenvalue weighted by Gasteiger charge is 2.21. The molecule has 1 fully saturated rings. The van der Waals surface area contributed by atoms with Gasteiger partial charge >= 0.3 is 5.97 Å². The summed E-state index contributed by atoms with van der Waals surface area (Å²) in [5, 5.41) is 0. The summed E-state index contributed by atoms with van der Waals surface area (Å²) in [7, 11) is 0. The van der Waals surface area contributed by atoms with E-state index in [1.54, 1.807) is 12.1 Å². The quantitative estimate of drug-likeness (QED) is 0.670. The van der Waals surface area contributed by atoms with Crippen molar-refractivity contribution in [2.45, 2.75) is 38.7 Å². The predicted molar refractivity (Wildman–Crippen MR) is 73.9 cm³/mol. The van der Waals surface area contributed by atoms with E-state index >= 15 is 0 Å². The number of para-hydroxylation sites is 2. The number of carbonyl (C=O) groups is 1. The van der Waals surface area contributed by atoms with E-state index in [0.717, 1.165) is 31.6 Å². The van der Waals surface area contributed by atoms with Gasteiger partial charge in [-0.3, -0.25) is 0 Å². The number of ether oxygens (including phenoxy) is 2. The van der Waals surface area contributed by atoms with Gasteiger partial charge in [-0.1, -0.05) is 19.1 Å². The fraction of sp³-hybridized carbons (Fsp3) is 0.533. The number of esters is 1. The molecular weight excluding hydrogens is 242 g/mol. The molecule has 0 spiro atoms. The number of hydrogen-bond acceptors (Lipinski definition) is 4. The van der Waals surface area contributed by atoms with Crippen molar-refractivity contribution in [1.82, 2.24) is 0 Å². The summed E-state index contributed by atoms with van der Waals surface area (Å²) in [6.07, 6.45) is 4.23. The average Bonchev–Trinajstić information content (AvgIpc) is 2.40. The van der Waals surface area contributed by atoms with Gasteiger partial charge < -0.3 is 15.2 Å². The lowest BCUT2D eigenvalue weighted by molar-refractivity contribution is -0.153. The second-order valence-corrected chi connectivity index (χ2v) is 5.20. The fourth-order valence-corrected chi connectivity index (χ4v) is 2.32. The third-order valence-electron chi connectivity index (χ3n) is 3.53. The van der Waals surface area contributed by atoms with Gasteiger partial charge in [0, 0.05) is 0 Å². The lowest BCUT2D eigenvalue weighted by atomic mass is 9.89. The highest BCUT2D eigenvalue weighted by atomic mass is 16.6. The molecular formula is C15H21NO3. The largest absolute Gasteiger partial charge is 0.480 e. The first-order valence-electron chi connectivity index (χ1n) is 6.82. The van der Waals surface area contributed by atoms with Crippen molar-refractivity contribution in [2.75, 3.05) is 12.3 Å². The van der Waals surface area contributed by atoms with Crippen molar-refractivity contribution < 1.29 is 14.3 Å². The molecule has 0 aromatic heterocycles. The van der Waals surface area contributed by atoms with Gasteiger partial charge in [0.1, 0.15) is 11.9 Å². The maximum atomic E-state index is 11.7. The van der Waals surface area contributed by atoms with Gasteiger partial charge in [0.25, 0.3) is 0 Å². The molecule has 0 radical (unpaired) electrons. The lowest BCUT2D eigenvalue weighted by Crippen LogP contribution is -2.26. The Balaban J connectivity index is 1.74. The van der Waals surface area contributed by atoms with Crippen LogP contribution in [0.1, 0.15) is 32.6 Å². The van der Waals surface area contributed by atoms with Crippen molar-refractivity contribution in [1.29, 1.82) is 0 Å². The molecule has 2 rings (SSSR count). The maximum absolute atomic E-state index is 11.7. The number of rotatable bonds is 4. The van der Waals surface area contributed by atoms with Crippen LogP contribution in [0.25, 0.3) is 0 Å². The second-order valence-electron chi connectivity index (χ2n) is 5.20. The number of nitrogens with two attached hydrogens (primary N) is 1. The summed E-state index contributed by atoms with van der Waals surface area (Å²) in [6, 6.07) is 7.12. The molecule has 4 nitrogen and oxygen atoms in total. The molecule has 1 aromatic rings.